The number of halogens is 1. The molecule has 0 amide bonds. The van der Waals surface area contributed by atoms with Gasteiger partial charge in [0.2, 0.25) is 11.8 Å². The quantitative estimate of drug-likeness (QED) is 0.564. The Bertz CT molecular complexity index is 1090. The monoisotopic (exact) mass is 370 g/mol. The van der Waals surface area contributed by atoms with Crippen LogP contribution in [0.4, 0.5) is 10.1 Å². The maximum absolute atomic E-state index is 14.3. The second-order valence-corrected chi connectivity index (χ2v) is 6.74. The Kier molecular flexibility index (Phi) is 4.10. The molecular weight excluding hydrogens is 351 g/mol. The van der Waals surface area contributed by atoms with Gasteiger partial charge >= 0.3 is 0 Å². The highest BCUT2D eigenvalue weighted by atomic mass is 19.1. The van der Waals surface area contributed by atoms with E-state index in [2.05, 4.69) is 10.2 Å². The lowest BCUT2D eigenvalue weighted by molar-refractivity contribution is 0.400. The Morgan fingerprint density at radius 1 is 1.19 bits per heavy atom. The molecule has 2 heterocycles. The Morgan fingerprint density at radius 2 is 1.93 bits per heavy atom. The van der Waals surface area contributed by atoms with Crippen LogP contribution in [-0.4, -0.2) is 25.0 Å². The number of rotatable bonds is 3. The summed E-state index contributed by atoms with van der Waals surface area (Å²) in [5.41, 5.74) is 8.60. The van der Waals surface area contributed by atoms with Gasteiger partial charge in [0.25, 0.3) is 5.56 Å². The summed E-state index contributed by atoms with van der Waals surface area (Å²) < 4.78 is 15.3. The highest BCUT2D eigenvalue weighted by molar-refractivity contribution is 5.59. The van der Waals surface area contributed by atoms with E-state index in [9.17, 15) is 19.4 Å². The molecular formula is C19H19FN4O3. The van der Waals surface area contributed by atoms with E-state index in [1.54, 1.807) is 6.07 Å². The Hall–Kier alpha value is -3.29. The third-order valence-electron chi connectivity index (χ3n) is 4.99. The zero-order valence-corrected chi connectivity index (χ0v) is 14.5. The van der Waals surface area contributed by atoms with Gasteiger partial charge in [-0.2, -0.15) is 5.10 Å². The average Bonchev–Trinajstić information content (AvgIpc) is 2.91. The van der Waals surface area contributed by atoms with Crippen molar-refractivity contribution in [2.45, 2.75) is 32.1 Å². The zero-order chi connectivity index (χ0) is 19.1. The predicted molar refractivity (Wildman–Crippen MR) is 97.8 cm³/mol. The molecule has 0 saturated carbocycles. The molecule has 0 saturated heterocycles. The third kappa shape index (κ3) is 2.92. The van der Waals surface area contributed by atoms with Gasteiger partial charge in [-0.1, -0.05) is 6.07 Å². The van der Waals surface area contributed by atoms with Crippen LogP contribution in [0.2, 0.25) is 0 Å². The minimum atomic E-state index is -0.614. The van der Waals surface area contributed by atoms with Crippen LogP contribution in [0.25, 0.3) is 5.69 Å². The lowest BCUT2D eigenvalue weighted by atomic mass is 9.90. The number of hydrogen-bond donors (Lipinski definition) is 4. The van der Waals surface area contributed by atoms with Gasteiger partial charge in [-0.25, -0.2) is 14.1 Å². The van der Waals surface area contributed by atoms with E-state index in [0.717, 1.165) is 58.7 Å². The first-order valence-corrected chi connectivity index (χ1v) is 8.73. The van der Waals surface area contributed by atoms with Crippen molar-refractivity contribution in [3.05, 3.63) is 62.8 Å². The minimum absolute atomic E-state index is 0.0162. The number of aromatic hydroxyl groups is 2. The molecule has 0 fully saturated rings. The summed E-state index contributed by atoms with van der Waals surface area (Å²) >= 11 is 0. The highest BCUT2D eigenvalue weighted by Crippen LogP contribution is 2.34. The van der Waals surface area contributed by atoms with Crippen molar-refractivity contribution in [2.75, 3.05) is 5.73 Å². The molecule has 0 bridgehead atoms. The van der Waals surface area contributed by atoms with Crippen molar-refractivity contribution >= 4 is 5.69 Å². The molecule has 1 aliphatic carbocycles. The van der Waals surface area contributed by atoms with Crippen molar-refractivity contribution in [2.24, 2.45) is 0 Å². The van der Waals surface area contributed by atoms with Crippen LogP contribution >= 0.6 is 0 Å². The van der Waals surface area contributed by atoms with Crippen molar-refractivity contribution in [1.29, 1.82) is 0 Å². The molecule has 5 N–H and O–H groups in total. The standard InChI is InChI=1S/C19H19FN4O3/c20-13-6-5-10(8-16(13)24-17(25)9-14(21)19(24)27)7-15-11-3-1-2-4-12(11)18(26)23-22-15/h5-6,8-9,25,27H,1-4,7,21H2,(H,23,26). The maximum Gasteiger partial charge on any atom is 0.267 e. The molecule has 2 aromatic heterocycles. The van der Waals surface area contributed by atoms with Gasteiger partial charge in [-0.15, -0.1) is 0 Å². The second-order valence-electron chi connectivity index (χ2n) is 6.74. The summed E-state index contributed by atoms with van der Waals surface area (Å²) in [5.74, 6) is -1.40. The van der Waals surface area contributed by atoms with Crippen molar-refractivity contribution < 1.29 is 14.6 Å². The number of hydrogen-bond acceptors (Lipinski definition) is 5. The van der Waals surface area contributed by atoms with Gasteiger partial charge in [-0.05, 0) is 48.9 Å². The summed E-state index contributed by atoms with van der Waals surface area (Å²) in [6.07, 6.45) is 3.91. The molecule has 1 aliphatic rings. The van der Waals surface area contributed by atoms with Crippen LogP contribution in [0.3, 0.4) is 0 Å². The van der Waals surface area contributed by atoms with Gasteiger partial charge in [0.15, 0.2) is 0 Å². The van der Waals surface area contributed by atoms with E-state index in [1.807, 2.05) is 0 Å². The normalized spacial score (nSPS) is 13.5. The Balaban J connectivity index is 1.76. The first-order chi connectivity index (χ1) is 13.0. The van der Waals surface area contributed by atoms with Crippen LogP contribution in [-0.2, 0) is 19.3 Å². The van der Waals surface area contributed by atoms with E-state index in [4.69, 9.17) is 5.73 Å². The molecule has 3 aromatic rings. The minimum Gasteiger partial charge on any atom is -0.494 e. The molecule has 0 unspecified atom stereocenters. The summed E-state index contributed by atoms with van der Waals surface area (Å²) in [4.78, 5) is 12.0. The SMILES string of the molecule is Nc1cc(O)n(-c2cc(Cc3n[nH]c(=O)c4c3CCCC4)ccc2F)c1O. The van der Waals surface area contributed by atoms with Gasteiger partial charge in [0.1, 0.15) is 5.82 Å². The number of aromatic amines is 1. The number of benzene rings is 1. The number of nitrogen functional groups attached to an aromatic ring is 1. The molecule has 140 valence electrons. The van der Waals surface area contributed by atoms with Crippen LogP contribution in [0.15, 0.2) is 29.1 Å². The zero-order valence-electron chi connectivity index (χ0n) is 14.5. The fourth-order valence-corrected chi connectivity index (χ4v) is 3.65. The summed E-state index contributed by atoms with van der Waals surface area (Å²) in [6.45, 7) is 0. The highest BCUT2D eigenvalue weighted by Gasteiger charge is 2.20. The number of nitrogens with zero attached hydrogens (tertiary/aromatic N) is 2. The lowest BCUT2D eigenvalue weighted by Gasteiger charge is -2.17. The van der Waals surface area contributed by atoms with E-state index in [-0.39, 0.29) is 22.8 Å². The first kappa shape index (κ1) is 17.1. The van der Waals surface area contributed by atoms with Gasteiger partial charge < -0.3 is 15.9 Å². The summed E-state index contributed by atoms with van der Waals surface area (Å²) in [6, 6.07) is 5.55. The Morgan fingerprint density at radius 3 is 2.63 bits per heavy atom. The number of anilines is 1. The third-order valence-corrected chi connectivity index (χ3v) is 4.99. The maximum atomic E-state index is 14.3. The fourth-order valence-electron chi connectivity index (χ4n) is 3.65. The molecule has 7 nitrogen and oxygen atoms in total. The van der Waals surface area contributed by atoms with Crippen LogP contribution in [0.5, 0.6) is 11.8 Å². The average molecular weight is 370 g/mol. The fraction of sp³-hybridized carbons (Fsp3) is 0.263. The summed E-state index contributed by atoms with van der Waals surface area (Å²) in [7, 11) is 0. The number of fused-ring (bicyclic) bond motifs is 1. The number of nitrogens with two attached hydrogens (primary N) is 1. The van der Waals surface area contributed by atoms with Gasteiger partial charge in [0.05, 0.1) is 17.1 Å². The molecule has 8 heteroatoms. The predicted octanol–water partition coefficient (Wildman–Crippen LogP) is 2.16. The van der Waals surface area contributed by atoms with Crippen LogP contribution in [0, 0.1) is 5.82 Å². The molecule has 0 radical (unpaired) electrons. The summed E-state index contributed by atoms with van der Waals surface area (Å²) in [5, 5.41) is 26.7. The van der Waals surface area contributed by atoms with E-state index in [0.29, 0.717) is 6.42 Å². The lowest BCUT2D eigenvalue weighted by Crippen LogP contribution is -2.23. The molecule has 0 aliphatic heterocycles. The van der Waals surface area contributed by atoms with E-state index >= 15 is 0 Å². The topological polar surface area (TPSA) is 117 Å². The smallest absolute Gasteiger partial charge is 0.267 e. The second kappa shape index (κ2) is 6.46. The van der Waals surface area contributed by atoms with E-state index < -0.39 is 11.7 Å². The molecule has 0 atom stereocenters. The van der Waals surface area contributed by atoms with Gasteiger partial charge in [-0.3, -0.25) is 4.79 Å². The largest absolute Gasteiger partial charge is 0.494 e. The number of H-pyrrole nitrogens is 1. The number of nitrogens with one attached hydrogen (secondary N) is 1. The van der Waals surface area contributed by atoms with E-state index in [1.165, 1.54) is 12.1 Å². The van der Waals surface area contributed by atoms with Crippen LogP contribution < -0.4 is 11.3 Å². The molecule has 27 heavy (non-hydrogen) atoms. The van der Waals surface area contributed by atoms with Crippen molar-refractivity contribution in [3.8, 4) is 17.4 Å². The van der Waals surface area contributed by atoms with Crippen LogP contribution in [0.1, 0.15) is 35.2 Å². The first-order valence-electron chi connectivity index (χ1n) is 8.73. The van der Waals surface area contributed by atoms with Crippen molar-refractivity contribution in [3.63, 3.8) is 0 Å². The Labute approximate surface area is 153 Å². The number of aromatic nitrogens is 3. The molecule has 1 aromatic carbocycles. The van der Waals surface area contributed by atoms with Gasteiger partial charge in [0, 0.05) is 18.1 Å². The van der Waals surface area contributed by atoms with Crippen molar-refractivity contribution in [1.82, 2.24) is 14.8 Å². The molecule has 4 rings (SSSR count). The molecule has 0 spiro atoms.